The highest BCUT2D eigenvalue weighted by molar-refractivity contribution is 6.29. The Hall–Kier alpha value is -2.12. The Balaban J connectivity index is 1.79. The average molecular weight is 313 g/mol. The second-order valence-electron chi connectivity index (χ2n) is 4.23. The van der Waals surface area contributed by atoms with E-state index in [1.165, 1.54) is 30.3 Å². The lowest BCUT2D eigenvalue weighted by Crippen LogP contribution is -2.26. The van der Waals surface area contributed by atoms with E-state index in [4.69, 9.17) is 22.1 Å². The molecule has 0 aliphatic carbocycles. The van der Waals surface area contributed by atoms with E-state index in [0.717, 1.165) is 0 Å². The molecule has 0 radical (unpaired) electrons. The van der Waals surface area contributed by atoms with Gasteiger partial charge in [0.25, 0.3) is 0 Å². The van der Waals surface area contributed by atoms with E-state index in [0.29, 0.717) is 11.6 Å². The second-order valence-corrected chi connectivity index (χ2v) is 4.62. The molecule has 0 spiro atoms. The van der Waals surface area contributed by atoms with E-state index in [9.17, 15) is 9.50 Å². The highest BCUT2D eigenvalue weighted by Gasteiger charge is 2.07. The third kappa shape index (κ3) is 5.05. The summed E-state index contributed by atoms with van der Waals surface area (Å²) in [5.74, 6) is 0.586. The van der Waals surface area contributed by atoms with Crippen molar-refractivity contribution in [1.29, 1.82) is 0 Å². The molecule has 1 heterocycles. The first kappa shape index (κ1) is 15.3. The van der Waals surface area contributed by atoms with Crippen LogP contribution in [-0.2, 0) is 0 Å². The summed E-state index contributed by atoms with van der Waals surface area (Å²) in [5.41, 5.74) is 5.45. The van der Waals surface area contributed by atoms with Crippen LogP contribution < -0.4 is 15.8 Å². The number of aliphatic hydroxyl groups is 1. The first-order valence-corrected chi connectivity index (χ1v) is 6.51. The molecule has 1 aromatic heterocycles. The number of aliphatic hydroxyl groups excluding tert-OH is 1. The van der Waals surface area contributed by atoms with Crippen LogP contribution in [0, 0.1) is 5.82 Å². The number of halogens is 2. The van der Waals surface area contributed by atoms with E-state index in [2.05, 4.69) is 15.3 Å². The molecule has 0 aliphatic rings. The number of nitrogens with zero attached hydrogens (tertiary/aromatic N) is 2. The molecule has 0 saturated carbocycles. The largest absolute Gasteiger partial charge is 0.491 e. The van der Waals surface area contributed by atoms with Crippen molar-refractivity contribution >= 4 is 23.4 Å². The van der Waals surface area contributed by atoms with Crippen LogP contribution in [0.3, 0.4) is 0 Å². The van der Waals surface area contributed by atoms with Crippen molar-refractivity contribution in [3.05, 3.63) is 41.3 Å². The van der Waals surface area contributed by atoms with Crippen LogP contribution in [0.15, 0.2) is 30.3 Å². The molecule has 6 nitrogen and oxygen atoms in total. The summed E-state index contributed by atoms with van der Waals surface area (Å²) >= 11 is 5.73. The number of nitrogen functional groups attached to an aromatic ring is 1. The fourth-order valence-corrected chi connectivity index (χ4v) is 1.72. The van der Waals surface area contributed by atoms with Crippen LogP contribution >= 0.6 is 11.6 Å². The van der Waals surface area contributed by atoms with Gasteiger partial charge >= 0.3 is 0 Å². The van der Waals surface area contributed by atoms with Gasteiger partial charge in [-0.25, -0.2) is 9.37 Å². The Morgan fingerprint density at radius 1 is 1.33 bits per heavy atom. The number of aromatic nitrogens is 2. The molecule has 0 fully saturated rings. The zero-order valence-electron chi connectivity index (χ0n) is 11.0. The van der Waals surface area contributed by atoms with Gasteiger partial charge in [0.1, 0.15) is 35.2 Å². The van der Waals surface area contributed by atoms with Crippen LogP contribution in [0.2, 0.25) is 5.15 Å². The van der Waals surface area contributed by atoms with Gasteiger partial charge in [-0.3, -0.25) is 0 Å². The molecule has 1 aromatic carbocycles. The molecule has 21 heavy (non-hydrogen) atoms. The van der Waals surface area contributed by atoms with Crippen LogP contribution in [0.4, 0.5) is 16.2 Å². The fourth-order valence-electron chi connectivity index (χ4n) is 1.53. The summed E-state index contributed by atoms with van der Waals surface area (Å²) in [6, 6.07) is 7.03. The minimum Gasteiger partial charge on any atom is -0.491 e. The normalized spacial score (nSPS) is 12.0. The number of rotatable bonds is 6. The van der Waals surface area contributed by atoms with Gasteiger partial charge in [-0.2, -0.15) is 4.98 Å². The van der Waals surface area contributed by atoms with Crippen LogP contribution in [0.25, 0.3) is 0 Å². The maximum atomic E-state index is 12.7. The smallest absolute Gasteiger partial charge is 0.223 e. The quantitative estimate of drug-likeness (QED) is 0.703. The Kier molecular flexibility index (Phi) is 5.13. The van der Waals surface area contributed by atoms with Crippen molar-refractivity contribution in [2.24, 2.45) is 0 Å². The number of benzene rings is 1. The third-order valence-corrected chi connectivity index (χ3v) is 2.68. The Morgan fingerprint density at radius 2 is 2.05 bits per heavy atom. The molecule has 2 rings (SSSR count). The van der Waals surface area contributed by atoms with Gasteiger partial charge in [-0.1, -0.05) is 11.6 Å². The molecular formula is C13H14ClFN4O2. The van der Waals surface area contributed by atoms with E-state index in [1.807, 2.05) is 0 Å². The van der Waals surface area contributed by atoms with E-state index < -0.39 is 6.10 Å². The molecule has 2 aromatic rings. The van der Waals surface area contributed by atoms with Crippen molar-refractivity contribution in [3.63, 3.8) is 0 Å². The SMILES string of the molecule is Nc1nc(Cl)cc(NC[C@H](O)COc2ccc(F)cc2)n1. The summed E-state index contributed by atoms with van der Waals surface area (Å²) in [4.78, 5) is 7.63. The first-order chi connectivity index (χ1) is 10.0. The van der Waals surface area contributed by atoms with Crippen LogP contribution in [-0.4, -0.2) is 34.3 Å². The second kappa shape index (κ2) is 7.05. The van der Waals surface area contributed by atoms with Crippen molar-refractivity contribution in [3.8, 4) is 5.75 Å². The van der Waals surface area contributed by atoms with Gasteiger partial charge in [0.05, 0.1) is 0 Å². The topological polar surface area (TPSA) is 93.3 Å². The Bertz CT molecular complexity index is 577. The number of nitrogens with two attached hydrogens (primary N) is 1. The zero-order chi connectivity index (χ0) is 15.2. The molecule has 0 amide bonds. The maximum absolute atomic E-state index is 12.7. The molecule has 112 valence electrons. The maximum Gasteiger partial charge on any atom is 0.223 e. The summed E-state index contributed by atoms with van der Waals surface area (Å²) in [6.45, 7) is 0.237. The number of anilines is 2. The Morgan fingerprint density at radius 3 is 2.71 bits per heavy atom. The molecule has 4 N–H and O–H groups in total. The molecule has 0 aliphatic heterocycles. The summed E-state index contributed by atoms with van der Waals surface area (Å²) in [6.07, 6.45) is -0.787. The Labute approximate surface area is 125 Å². The molecule has 8 heteroatoms. The lowest BCUT2D eigenvalue weighted by Gasteiger charge is -2.13. The van der Waals surface area contributed by atoms with E-state index in [1.54, 1.807) is 0 Å². The highest BCUT2D eigenvalue weighted by Crippen LogP contribution is 2.13. The summed E-state index contributed by atoms with van der Waals surface area (Å²) in [5, 5.41) is 12.9. The van der Waals surface area contributed by atoms with Crippen LogP contribution in [0.5, 0.6) is 5.75 Å². The van der Waals surface area contributed by atoms with Gasteiger partial charge in [0, 0.05) is 12.6 Å². The number of hydrogen-bond donors (Lipinski definition) is 3. The zero-order valence-corrected chi connectivity index (χ0v) is 11.7. The average Bonchev–Trinajstić information content (AvgIpc) is 2.43. The predicted molar refractivity (Wildman–Crippen MR) is 77.8 cm³/mol. The van der Waals surface area contributed by atoms with Crippen molar-refractivity contribution in [2.45, 2.75) is 6.10 Å². The molecule has 0 unspecified atom stereocenters. The van der Waals surface area contributed by atoms with Crippen molar-refractivity contribution in [1.82, 2.24) is 9.97 Å². The monoisotopic (exact) mass is 312 g/mol. The van der Waals surface area contributed by atoms with Gasteiger partial charge in [0.15, 0.2) is 0 Å². The predicted octanol–water partition coefficient (Wildman–Crippen LogP) is 1.70. The van der Waals surface area contributed by atoms with Crippen molar-refractivity contribution in [2.75, 3.05) is 24.2 Å². The number of hydrogen-bond acceptors (Lipinski definition) is 6. The fraction of sp³-hybridized carbons (Fsp3) is 0.231. The molecule has 0 saturated heterocycles. The third-order valence-electron chi connectivity index (χ3n) is 2.49. The van der Waals surface area contributed by atoms with Crippen molar-refractivity contribution < 1.29 is 14.2 Å². The molecule has 0 bridgehead atoms. The van der Waals surface area contributed by atoms with Gasteiger partial charge < -0.3 is 20.9 Å². The molecule has 1 atom stereocenters. The van der Waals surface area contributed by atoms with E-state index in [-0.39, 0.29) is 30.1 Å². The van der Waals surface area contributed by atoms with E-state index >= 15 is 0 Å². The lowest BCUT2D eigenvalue weighted by atomic mass is 10.3. The van der Waals surface area contributed by atoms with Gasteiger partial charge in [-0.05, 0) is 24.3 Å². The minimum atomic E-state index is -0.787. The number of ether oxygens (including phenoxy) is 1. The standard InChI is InChI=1S/C13H14ClFN4O2/c14-11-5-12(19-13(16)18-11)17-6-9(20)7-21-10-3-1-8(15)2-4-10/h1-5,9,20H,6-7H2,(H3,16,17,18,19)/t9-/m0/s1. The number of nitrogens with one attached hydrogen (secondary N) is 1. The first-order valence-electron chi connectivity index (χ1n) is 6.13. The lowest BCUT2D eigenvalue weighted by molar-refractivity contribution is 0.117. The minimum absolute atomic E-state index is 0.0436. The van der Waals surface area contributed by atoms with Gasteiger partial charge in [-0.15, -0.1) is 0 Å². The van der Waals surface area contributed by atoms with Crippen LogP contribution in [0.1, 0.15) is 0 Å². The summed E-state index contributed by atoms with van der Waals surface area (Å²) < 4.78 is 18.0. The highest BCUT2D eigenvalue weighted by atomic mass is 35.5. The van der Waals surface area contributed by atoms with Gasteiger partial charge in [0.2, 0.25) is 5.95 Å². The summed E-state index contributed by atoms with van der Waals surface area (Å²) in [7, 11) is 0. The molecular weight excluding hydrogens is 299 g/mol.